The average molecular weight is 457 g/mol. The molecule has 1 aliphatic heterocycles. The number of nitrogens with one attached hydrogen (secondary N) is 1. The molecule has 0 saturated carbocycles. The minimum Gasteiger partial charge on any atom is -0.342 e. The first-order valence-electron chi connectivity index (χ1n) is 8.95. The molecule has 1 aliphatic rings. The number of piperidine rings is 1. The average Bonchev–Trinajstić information content (AvgIpc) is 3.04. The Morgan fingerprint density at radius 1 is 1.07 bits per heavy atom. The summed E-state index contributed by atoms with van der Waals surface area (Å²) in [5, 5.41) is 1.92. The summed E-state index contributed by atoms with van der Waals surface area (Å²) in [6.45, 7) is 1.95. The summed E-state index contributed by atoms with van der Waals surface area (Å²) >= 11 is 24.2. The third-order valence-electron chi connectivity index (χ3n) is 4.99. The van der Waals surface area contributed by atoms with Crippen molar-refractivity contribution in [3.63, 3.8) is 0 Å². The molecule has 146 valence electrons. The van der Waals surface area contributed by atoms with Gasteiger partial charge in [0, 0.05) is 28.1 Å². The number of carbonyl (C=O) groups is 1. The number of aromatic amines is 1. The number of hydrogen-bond donors (Lipinski definition) is 1. The van der Waals surface area contributed by atoms with Crippen molar-refractivity contribution in [1.82, 2.24) is 14.9 Å². The summed E-state index contributed by atoms with van der Waals surface area (Å²) in [7, 11) is 0. The predicted molar refractivity (Wildman–Crippen MR) is 115 cm³/mol. The van der Waals surface area contributed by atoms with Gasteiger partial charge in [-0.25, -0.2) is 4.98 Å². The standard InChI is InChI=1S/C20H17Cl4N3O/c21-13-4-12(5-14(22)6-13)19(28)10-27-3-1-2-11(9-27)20-25-17-7-15(23)16(24)8-18(17)26-20/h4-8,11H,1-3,9-10H2,(H,25,26). The molecule has 0 bridgehead atoms. The minimum atomic E-state index is 0.00761. The van der Waals surface area contributed by atoms with Crippen LogP contribution in [0.5, 0.6) is 0 Å². The first kappa shape index (κ1) is 20.0. The molecule has 8 heteroatoms. The van der Waals surface area contributed by atoms with Gasteiger partial charge in [-0.15, -0.1) is 0 Å². The van der Waals surface area contributed by atoms with Gasteiger partial charge >= 0.3 is 0 Å². The van der Waals surface area contributed by atoms with E-state index in [4.69, 9.17) is 46.4 Å². The highest BCUT2D eigenvalue weighted by molar-refractivity contribution is 6.42. The fourth-order valence-electron chi connectivity index (χ4n) is 3.65. The third-order valence-corrected chi connectivity index (χ3v) is 6.14. The zero-order chi connectivity index (χ0) is 19.8. The van der Waals surface area contributed by atoms with Gasteiger partial charge in [0.15, 0.2) is 5.78 Å². The topological polar surface area (TPSA) is 49.0 Å². The summed E-state index contributed by atoms with van der Waals surface area (Å²) in [4.78, 5) is 22.9. The molecule has 2 heterocycles. The van der Waals surface area contributed by atoms with E-state index in [0.717, 1.165) is 42.8 Å². The second kappa shape index (κ2) is 8.21. The van der Waals surface area contributed by atoms with Crippen molar-refractivity contribution in [2.24, 2.45) is 0 Å². The molecule has 0 amide bonds. The van der Waals surface area contributed by atoms with Crippen molar-refractivity contribution in [2.75, 3.05) is 19.6 Å². The van der Waals surface area contributed by atoms with Crippen LogP contribution in [0.15, 0.2) is 30.3 Å². The summed E-state index contributed by atoms with van der Waals surface area (Å²) in [5.74, 6) is 1.12. The highest BCUT2D eigenvalue weighted by atomic mass is 35.5. The zero-order valence-electron chi connectivity index (χ0n) is 14.8. The molecule has 1 fully saturated rings. The smallest absolute Gasteiger partial charge is 0.176 e. The lowest BCUT2D eigenvalue weighted by molar-refractivity contribution is 0.0905. The predicted octanol–water partition coefficient (Wildman–Crippen LogP) is 6.24. The second-order valence-corrected chi connectivity index (χ2v) is 8.75. The van der Waals surface area contributed by atoms with Gasteiger partial charge in [-0.1, -0.05) is 46.4 Å². The number of imidazole rings is 1. The van der Waals surface area contributed by atoms with Crippen molar-refractivity contribution in [2.45, 2.75) is 18.8 Å². The van der Waals surface area contributed by atoms with Crippen LogP contribution >= 0.6 is 46.4 Å². The quantitative estimate of drug-likeness (QED) is 0.472. The van der Waals surface area contributed by atoms with Crippen LogP contribution in [0.2, 0.25) is 20.1 Å². The largest absolute Gasteiger partial charge is 0.342 e. The summed E-state index contributed by atoms with van der Waals surface area (Å²) in [6, 6.07) is 8.50. The molecule has 1 aromatic heterocycles. The number of halogens is 4. The molecular weight excluding hydrogens is 440 g/mol. The fourth-order valence-corrected chi connectivity index (χ4v) is 4.50. The normalized spacial score (nSPS) is 17.9. The van der Waals surface area contributed by atoms with Gasteiger partial charge in [0.05, 0.1) is 27.6 Å². The minimum absolute atomic E-state index is 0.00761. The number of carbonyl (C=O) groups excluding carboxylic acids is 1. The SMILES string of the molecule is O=C(CN1CCCC(c2nc3cc(Cl)c(Cl)cc3[nH]2)C1)c1cc(Cl)cc(Cl)c1. The molecule has 0 spiro atoms. The van der Waals surface area contributed by atoms with Crippen LogP contribution in [0, 0.1) is 0 Å². The second-order valence-electron chi connectivity index (χ2n) is 7.06. The molecule has 3 aromatic rings. The Labute approximate surface area is 182 Å². The lowest BCUT2D eigenvalue weighted by atomic mass is 9.97. The fraction of sp³-hybridized carbons (Fsp3) is 0.300. The van der Waals surface area contributed by atoms with Crippen LogP contribution in [0.1, 0.15) is 34.9 Å². The van der Waals surface area contributed by atoms with E-state index in [1.807, 2.05) is 0 Å². The molecule has 1 atom stereocenters. The monoisotopic (exact) mass is 455 g/mol. The first-order chi connectivity index (χ1) is 13.4. The molecule has 1 saturated heterocycles. The van der Waals surface area contributed by atoms with E-state index in [-0.39, 0.29) is 11.7 Å². The van der Waals surface area contributed by atoms with Crippen molar-refractivity contribution in [3.8, 4) is 0 Å². The highest BCUT2D eigenvalue weighted by Crippen LogP contribution is 2.31. The van der Waals surface area contributed by atoms with Crippen LogP contribution < -0.4 is 0 Å². The van der Waals surface area contributed by atoms with Gasteiger partial charge in [-0.3, -0.25) is 9.69 Å². The Kier molecular flexibility index (Phi) is 5.86. The van der Waals surface area contributed by atoms with E-state index in [0.29, 0.717) is 32.2 Å². The Hall–Kier alpha value is -1.30. The molecular formula is C20H17Cl4N3O. The Balaban J connectivity index is 1.49. The van der Waals surface area contributed by atoms with Gasteiger partial charge in [0.1, 0.15) is 5.82 Å². The molecule has 4 nitrogen and oxygen atoms in total. The van der Waals surface area contributed by atoms with Crippen molar-refractivity contribution < 1.29 is 4.79 Å². The molecule has 1 N–H and O–H groups in total. The molecule has 28 heavy (non-hydrogen) atoms. The molecule has 2 aromatic carbocycles. The van der Waals surface area contributed by atoms with E-state index in [1.54, 1.807) is 30.3 Å². The number of rotatable bonds is 4. The number of ketones is 1. The molecule has 1 unspecified atom stereocenters. The molecule has 4 rings (SSSR count). The van der Waals surface area contributed by atoms with Crippen LogP contribution in [0.3, 0.4) is 0 Å². The Morgan fingerprint density at radius 3 is 2.54 bits per heavy atom. The number of fused-ring (bicyclic) bond motifs is 1. The zero-order valence-corrected chi connectivity index (χ0v) is 17.8. The number of aromatic nitrogens is 2. The summed E-state index contributed by atoms with van der Waals surface area (Å²) in [6.07, 6.45) is 2.00. The van der Waals surface area contributed by atoms with E-state index in [1.165, 1.54) is 0 Å². The number of nitrogens with zero attached hydrogens (tertiary/aromatic N) is 2. The number of H-pyrrole nitrogens is 1. The lowest BCUT2D eigenvalue weighted by Gasteiger charge is -2.31. The van der Waals surface area contributed by atoms with Gasteiger partial charge in [0.2, 0.25) is 0 Å². The Bertz CT molecular complexity index is 990. The summed E-state index contributed by atoms with van der Waals surface area (Å²) in [5.41, 5.74) is 2.20. The van der Waals surface area contributed by atoms with Crippen LogP contribution in [0.4, 0.5) is 0 Å². The van der Waals surface area contributed by atoms with Gasteiger partial charge in [0.25, 0.3) is 0 Å². The molecule has 0 aliphatic carbocycles. The van der Waals surface area contributed by atoms with Crippen LogP contribution in [-0.4, -0.2) is 40.3 Å². The van der Waals surface area contributed by atoms with Gasteiger partial charge < -0.3 is 4.98 Å². The van der Waals surface area contributed by atoms with E-state index in [2.05, 4.69) is 14.9 Å². The van der Waals surface area contributed by atoms with Crippen LogP contribution in [-0.2, 0) is 0 Å². The van der Waals surface area contributed by atoms with Gasteiger partial charge in [-0.05, 0) is 49.7 Å². The third kappa shape index (κ3) is 4.32. The lowest BCUT2D eigenvalue weighted by Crippen LogP contribution is -2.38. The molecule has 0 radical (unpaired) electrons. The number of Topliss-reactive ketones (excluding diaryl/α,β-unsaturated/α-hetero) is 1. The van der Waals surface area contributed by atoms with E-state index >= 15 is 0 Å². The first-order valence-corrected chi connectivity index (χ1v) is 10.5. The van der Waals surface area contributed by atoms with Crippen molar-refractivity contribution in [3.05, 3.63) is 61.8 Å². The maximum absolute atomic E-state index is 12.7. The van der Waals surface area contributed by atoms with Crippen LogP contribution in [0.25, 0.3) is 11.0 Å². The van der Waals surface area contributed by atoms with E-state index in [9.17, 15) is 4.79 Å². The van der Waals surface area contributed by atoms with E-state index < -0.39 is 0 Å². The Morgan fingerprint density at radius 2 is 1.79 bits per heavy atom. The number of hydrogen-bond acceptors (Lipinski definition) is 3. The maximum Gasteiger partial charge on any atom is 0.176 e. The summed E-state index contributed by atoms with van der Waals surface area (Å²) < 4.78 is 0. The number of likely N-dealkylation sites (tertiary alicyclic amines) is 1. The maximum atomic E-state index is 12.7. The highest BCUT2D eigenvalue weighted by Gasteiger charge is 2.25. The number of benzene rings is 2. The van der Waals surface area contributed by atoms with Gasteiger partial charge in [-0.2, -0.15) is 0 Å². The van der Waals surface area contributed by atoms with Crippen molar-refractivity contribution >= 4 is 63.2 Å². The van der Waals surface area contributed by atoms with Crippen molar-refractivity contribution in [1.29, 1.82) is 0 Å².